The van der Waals surface area contributed by atoms with Crippen LogP contribution in [0.3, 0.4) is 0 Å². The summed E-state index contributed by atoms with van der Waals surface area (Å²) in [6.07, 6.45) is 36.1. The fourth-order valence-corrected chi connectivity index (χ4v) is 4.79. The van der Waals surface area contributed by atoms with Gasteiger partial charge in [-0.25, -0.2) is 4.79 Å². The third-order valence-corrected chi connectivity index (χ3v) is 7.41. The first kappa shape index (κ1) is 41.3. The first-order valence-electron chi connectivity index (χ1n) is 17.5. The number of allylic oxidation sites excluding steroid dienone is 8. The number of hydrogen-bond acceptors (Lipinski definition) is 5. The van der Waals surface area contributed by atoms with Gasteiger partial charge in [0.1, 0.15) is 12.1 Å². The molecule has 0 spiro atoms. The van der Waals surface area contributed by atoms with Crippen molar-refractivity contribution in [3.8, 4) is 0 Å². The van der Waals surface area contributed by atoms with Crippen molar-refractivity contribution in [2.75, 3.05) is 6.54 Å². The zero-order chi connectivity index (χ0) is 32.5. The van der Waals surface area contributed by atoms with Crippen molar-refractivity contribution >= 4 is 17.8 Å². The molecule has 0 saturated carbocycles. The average molecular weight is 617 g/mol. The summed E-state index contributed by atoms with van der Waals surface area (Å²) in [5.41, 5.74) is 5.45. The standard InChI is InChI=1S/C37H64N2O5/c1-3-5-7-8-9-10-11-12-13-14-15-16-17-18-19-20-25-31-36(41)44-33(27-22-6-4-2)28-23-21-24-30-35(40)39-34(37(42)43)29-26-32-38/h5,7,9-10,12-13,15-16,33-34H,3-4,6,8,11,14,17-32,38H2,1-2H3,(H,39,40)(H,42,43)/b7-5-,10-9-,13-12-,16-15-. The molecule has 2 atom stereocenters. The number of aliphatic carboxylic acids is 1. The highest BCUT2D eigenvalue weighted by Crippen LogP contribution is 2.17. The summed E-state index contributed by atoms with van der Waals surface area (Å²) in [6, 6.07) is -0.876. The third kappa shape index (κ3) is 28.1. The van der Waals surface area contributed by atoms with Crippen molar-refractivity contribution in [1.82, 2.24) is 5.32 Å². The molecule has 0 fully saturated rings. The predicted octanol–water partition coefficient (Wildman–Crippen LogP) is 8.88. The molecule has 0 rings (SSSR count). The number of carbonyl (C=O) groups excluding carboxylic acids is 2. The van der Waals surface area contributed by atoms with E-state index in [0.29, 0.717) is 38.6 Å². The summed E-state index contributed by atoms with van der Waals surface area (Å²) in [5, 5.41) is 11.8. The molecule has 1 amide bonds. The van der Waals surface area contributed by atoms with Crippen LogP contribution >= 0.6 is 0 Å². The minimum absolute atomic E-state index is 0.0614. The van der Waals surface area contributed by atoms with Gasteiger partial charge in [0, 0.05) is 12.8 Å². The molecule has 44 heavy (non-hydrogen) atoms. The minimum atomic E-state index is -1.02. The predicted molar refractivity (Wildman–Crippen MR) is 183 cm³/mol. The molecule has 7 nitrogen and oxygen atoms in total. The topological polar surface area (TPSA) is 119 Å². The van der Waals surface area contributed by atoms with E-state index in [-0.39, 0.29) is 18.0 Å². The maximum absolute atomic E-state index is 12.5. The van der Waals surface area contributed by atoms with Crippen molar-refractivity contribution in [2.45, 2.75) is 161 Å². The van der Waals surface area contributed by atoms with Gasteiger partial charge >= 0.3 is 11.9 Å². The Morgan fingerprint density at radius 3 is 1.86 bits per heavy atom. The number of hydrogen-bond donors (Lipinski definition) is 3. The van der Waals surface area contributed by atoms with Gasteiger partial charge in [-0.05, 0) is 96.4 Å². The van der Waals surface area contributed by atoms with Crippen molar-refractivity contribution in [3.63, 3.8) is 0 Å². The molecule has 2 unspecified atom stereocenters. The number of nitrogens with two attached hydrogens (primary N) is 1. The fourth-order valence-electron chi connectivity index (χ4n) is 4.79. The number of amides is 1. The monoisotopic (exact) mass is 616 g/mol. The summed E-state index contributed by atoms with van der Waals surface area (Å²) in [7, 11) is 0. The van der Waals surface area contributed by atoms with Gasteiger partial charge in [0.2, 0.25) is 5.91 Å². The van der Waals surface area contributed by atoms with Crippen LogP contribution in [0.4, 0.5) is 0 Å². The van der Waals surface area contributed by atoms with Crippen LogP contribution in [-0.2, 0) is 19.1 Å². The fraction of sp³-hybridized carbons (Fsp3) is 0.703. The molecule has 0 aliphatic heterocycles. The van der Waals surface area contributed by atoms with Crippen LogP contribution in [0.5, 0.6) is 0 Å². The smallest absolute Gasteiger partial charge is 0.326 e. The maximum atomic E-state index is 12.5. The molecular weight excluding hydrogens is 552 g/mol. The van der Waals surface area contributed by atoms with Crippen molar-refractivity contribution < 1.29 is 24.2 Å². The number of unbranched alkanes of at least 4 members (excludes halogenated alkanes) is 8. The zero-order valence-electron chi connectivity index (χ0n) is 28.0. The Hall–Kier alpha value is -2.67. The van der Waals surface area contributed by atoms with Gasteiger partial charge in [-0.2, -0.15) is 0 Å². The van der Waals surface area contributed by atoms with E-state index in [1.807, 2.05) is 0 Å². The second-order valence-electron chi connectivity index (χ2n) is 11.6. The molecule has 0 aliphatic rings. The van der Waals surface area contributed by atoms with Crippen molar-refractivity contribution in [3.05, 3.63) is 48.6 Å². The third-order valence-electron chi connectivity index (χ3n) is 7.41. The van der Waals surface area contributed by atoms with E-state index in [4.69, 9.17) is 10.5 Å². The maximum Gasteiger partial charge on any atom is 0.326 e. The summed E-state index contributed by atoms with van der Waals surface area (Å²) in [6.45, 7) is 4.71. The van der Waals surface area contributed by atoms with Crippen molar-refractivity contribution in [2.24, 2.45) is 5.73 Å². The first-order chi connectivity index (χ1) is 21.4. The summed E-state index contributed by atoms with van der Waals surface area (Å²) in [4.78, 5) is 35.9. The van der Waals surface area contributed by atoms with E-state index in [1.54, 1.807) is 0 Å². The Labute approximate surface area is 268 Å². The zero-order valence-corrected chi connectivity index (χ0v) is 28.0. The summed E-state index contributed by atoms with van der Waals surface area (Å²) in [5.74, 6) is -1.36. The molecule has 7 heteroatoms. The van der Waals surface area contributed by atoms with E-state index in [1.165, 1.54) is 0 Å². The number of carbonyl (C=O) groups is 3. The molecule has 0 aromatic rings. The summed E-state index contributed by atoms with van der Waals surface area (Å²) >= 11 is 0. The number of carboxylic acid groups (broad SMARTS) is 1. The molecular formula is C37H64N2O5. The second kappa shape index (κ2) is 31.7. The first-order valence-corrected chi connectivity index (χ1v) is 17.5. The van der Waals surface area contributed by atoms with Crippen LogP contribution in [0.25, 0.3) is 0 Å². The minimum Gasteiger partial charge on any atom is -0.480 e. The van der Waals surface area contributed by atoms with Gasteiger partial charge in [0.15, 0.2) is 0 Å². The normalized spacial score (nSPS) is 13.3. The Morgan fingerprint density at radius 2 is 1.25 bits per heavy atom. The lowest BCUT2D eigenvalue weighted by molar-refractivity contribution is -0.150. The highest BCUT2D eigenvalue weighted by atomic mass is 16.5. The molecule has 0 bridgehead atoms. The molecule has 0 heterocycles. The van der Waals surface area contributed by atoms with Gasteiger partial charge < -0.3 is 20.9 Å². The number of nitrogens with one attached hydrogen (secondary N) is 1. The molecule has 0 aromatic heterocycles. The van der Waals surface area contributed by atoms with Gasteiger partial charge in [-0.15, -0.1) is 0 Å². The van der Waals surface area contributed by atoms with Crippen LogP contribution in [0, 0.1) is 0 Å². The lowest BCUT2D eigenvalue weighted by Crippen LogP contribution is -2.40. The van der Waals surface area contributed by atoms with E-state index in [2.05, 4.69) is 67.8 Å². The largest absolute Gasteiger partial charge is 0.480 e. The van der Waals surface area contributed by atoms with E-state index < -0.39 is 12.0 Å². The average Bonchev–Trinajstić information content (AvgIpc) is 3.00. The lowest BCUT2D eigenvalue weighted by atomic mass is 10.0. The number of carboxylic acids is 1. The van der Waals surface area contributed by atoms with Crippen LogP contribution in [0.2, 0.25) is 0 Å². The Bertz CT molecular complexity index is 834. The van der Waals surface area contributed by atoms with Crippen LogP contribution in [-0.4, -0.2) is 41.6 Å². The van der Waals surface area contributed by atoms with Gasteiger partial charge in [0.25, 0.3) is 0 Å². The Balaban J connectivity index is 4.07. The van der Waals surface area contributed by atoms with E-state index in [9.17, 15) is 19.5 Å². The highest BCUT2D eigenvalue weighted by molar-refractivity contribution is 5.83. The van der Waals surface area contributed by atoms with E-state index in [0.717, 1.165) is 103 Å². The van der Waals surface area contributed by atoms with E-state index >= 15 is 0 Å². The quantitative estimate of drug-likeness (QED) is 0.0421. The van der Waals surface area contributed by atoms with Crippen LogP contribution in [0.1, 0.15) is 149 Å². The molecule has 0 aromatic carbocycles. The van der Waals surface area contributed by atoms with Gasteiger partial charge in [-0.1, -0.05) is 94.6 Å². The summed E-state index contributed by atoms with van der Waals surface area (Å²) < 4.78 is 5.85. The van der Waals surface area contributed by atoms with Crippen molar-refractivity contribution in [1.29, 1.82) is 0 Å². The lowest BCUT2D eigenvalue weighted by Gasteiger charge is -2.18. The molecule has 0 radical (unpaired) electrons. The Kier molecular flexibility index (Phi) is 29.8. The SMILES string of the molecule is CC/C=C\C/C=C\C/C=C\C/C=C\CCCCCCC(=O)OC(CCCCC)CCCCCC(=O)NC(CCCN)C(=O)O. The molecule has 252 valence electrons. The van der Waals surface area contributed by atoms with Gasteiger partial charge in [-0.3, -0.25) is 9.59 Å². The molecule has 0 saturated heterocycles. The number of ether oxygens (including phenoxy) is 1. The van der Waals surface area contributed by atoms with Crippen LogP contribution in [0.15, 0.2) is 48.6 Å². The Morgan fingerprint density at radius 1 is 0.682 bits per heavy atom. The van der Waals surface area contributed by atoms with Gasteiger partial charge in [0.05, 0.1) is 0 Å². The number of rotatable bonds is 30. The van der Waals surface area contributed by atoms with Crippen LogP contribution < -0.4 is 11.1 Å². The number of esters is 1. The highest BCUT2D eigenvalue weighted by Gasteiger charge is 2.19. The molecule has 4 N–H and O–H groups in total. The second-order valence-corrected chi connectivity index (χ2v) is 11.6. The molecule has 0 aliphatic carbocycles.